The molecular formula is C19H38N2. The van der Waals surface area contributed by atoms with E-state index in [0.717, 1.165) is 11.8 Å². The van der Waals surface area contributed by atoms with Crippen molar-refractivity contribution in [1.29, 1.82) is 0 Å². The molecule has 0 aromatic heterocycles. The van der Waals surface area contributed by atoms with Crippen LogP contribution in [-0.2, 0) is 0 Å². The van der Waals surface area contributed by atoms with Gasteiger partial charge in [-0.25, -0.2) is 0 Å². The van der Waals surface area contributed by atoms with Crippen LogP contribution in [0.1, 0.15) is 78.6 Å². The maximum absolute atomic E-state index is 3.83. The molecule has 0 saturated heterocycles. The van der Waals surface area contributed by atoms with Gasteiger partial charge in [-0.3, -0.25) is 4.90 Å². The predicted octanol–water partition coefficient (Wildman–Crippen LogP) is 4.45. The van der Waals surface area contributed by atoms with Gasteiger partial charge in [-0.1, -0.05) is 59.3 Å². The Morgan fingerprint density at radius 1 is 1.00 bits per heavy atom. The molecule has 2 nitrogen and oxygen atoms in total. The van der Waals surface area contributed by atoms with Gasteiger partial charge in [-0.2, -0.15) is 0 Å². The summed E-state index contributed by atoms with van der Waals surface area (Å²) in [5.74, 6) is 1.84. The summed E-state index contributed by atoms with van der Waals surface area (Å²) >= 11 is 0. The lowest BCUT2D eigenvalue weighted by molar-refractivity contribution is 0.0161. The van der Waals surface area contributed by atoms with E-state index in [1.807, 2.05) is 0 Å². The normalized spacial score (nSPS) is 30.7. The third kappa shape index (κ3) is 3.32. The third-order valence-corrected chi connectivity index (χ3v) is 6.67. The molecule has 2 aliphatic carbocycles. The van der Waals surface area contributed by atoms with Crippen molar-refractivity contribution in [2.24, 2.45) is 11.8 Å². The summed E-state index contributed by atoms with van der Waals surface area (Å²) in [5, 5.41) is 3.83. The summed E-state index contributed by atoms with van der Waals surface area (Å²) in [4.78, 5) is 2.79. The van der Waals surface area contributed by atoms with Crippen LogP contribution in [0.3, 0.4) is 0 Å². The molecule has 0 bridgehead atoms. The van der Waals surface area contributed by atoms with Crippen molar-refractivity contribution in [3.63, 3.8) is 0 Å². The lowest BCUT2D eigenvalue weighted by Crippen LogP contribution is -2.63. The fourth-order valence-electron chi connectivity index (χ4n) is 5.73. The van der Waals surface area contributed by atoms with Crippen LogP contribution in [-0.4, -0.2) is 36.6 Å². The second kappa shape index (κ2) is 7.97. The maximum Gasteiger partial charge on any atom is 0.0364 e. The van der Waals surface area contributed by atoms with Crippen LogP contribution in [0.4, 0.5) is 0 Å². The zero-order valence-corrected chi connectivity index (χ0v) is 15.0. The van der Waals surface area contributed by atoms with Gasteiger partial charge in [0, 0.05) is 11.6 Å². The average Bonchev–Trinajstić information content (AvgIpc) is 3.00. The van der Waals surface area contributed by atoms with Crippen molar-refractivity contribution in [3.8, 4) is 0 Å². The van der Waals surface area contributed by atoms with E-state index in [1.54, 1.807) is 0 Å². The Bertz CT molecular complexity index is 292. The summed E-state index contributed by atoms with van der Waals surface area (Å²) in [6.07, 6.45) is 12.9. The minimum atomic E-state index is 0.438. The van der Waals surface area contributed by atoms with E-state index in [9.17, 15) is 0 Å². The number of nitrogens with one attached hydrogen (secondary N) is 1. The third-order valence-electron chi connectivity index (χ3n) is 6.67. The van der Waals surface area contributed by atoms with Crippen LogP contribution in [0, 0.1) is 11.8 Å². The van der Waals surface area contributed by atoms with E-state index in [-0.39, 0.29) is 0 Å². The van der Waals surface area contributed by atoms with E-state index in [0.29, 0.717) is 11.6 Å². The van der Waals surface area contributed by atoms with Gasteiger partial charge in [0.05, 0.1) is 0 Å². The zero-order chi connectivity index (χ0) is 15.3. The Morgan fingerprint density at radius 2 is 1.62 bits per heavy atom. The van der Waals surface area contributed by atoms with Crippen molar-refractivity contribution in [2.45, 2.75) is 90.1 Å². The van der Waals surface area contributed by atoms with E-state index in [1.165, 1.54) is 70.9 Å². The first-order valence-electron chi connectivity index (χ1n) is 9.65. The van der Waals surface area contributed by atoms with Crippen molar-refractivity contribution in [2.75, 3.05) is 20.1 Å². The number of likely N-dealkylation sites (N-methyl/N-ethyl adjacent to an activating group) is 2. The smallest absolute Gasteiger partial charge is 0.0364 e. The van der Waals surface area contributed by atoms with Crippen LogP contribution < -0.4 is 5.32 Å². The number of nitrogens with zero attached hydrogens (tertiary/aromatic N) is 1. The van der Waals surface area contributed by atoms with Gasteiger partial charge < -0.3 is 5.32 Å². The molecule has 0 aliphatic heterocycles. The summed E-state index contributed by atoms with van der Waals surface area (Å²) in [6.45, 7) is 9.54. The predicted molar refractivity (Wildman–Crippen MR) is 92.7 cm³/mol. The zero-order valence-electron chi connectivity index (χ0n) is 15.0. The molecule has 2 aliphatic rings. The van der Waals surface area contributed by atoms with E-state index in [2.05, 4.69) is 38.0 Å². The summed E-state index contributed by atoms with van der Waals surface area (Å²) in [5.41, 5.74) is 0.438. The topological polar surface area (TPSA) is 15.3 Å². The molecule has 0 aromatic rings. The Labute approximate surface area is 133 Å². The van der Waals surface area contributed by atoms with E-state index in [4.69, 9.17) is 0 Å². The second-order valence-corrected chi connectivity index (χ2v) is 7.37. The Kier molecular flexibility index (Phi) is 6.55. The lowest BCUT2D eigenvalue weighted by atomic mass is 9.67. The molecule has 0 amide bonds. The standard InChI is InChI=1S/C19H38N2/c1-5-16-12-8-9-13-17(16)18(20-4)19(14-10-11-15-19)21(6-2)7-3/h16-18,20H,5-15H2,1-4H3. The Morgan fingerprint density at radius 3 is 2.14 bits per heavy atom. The quantitative estimate of drug-likeness (QED) is 0.746. The second-order valence-electron chi connectivity index (χ2n) is 7.37. The fraction of sp³-hybridized carbons (Fsp3) is 1.00. The summed E-state index contributed by atoms with van der Waals surface area (Å²) in [6, 6.07) is 0.699. The van der Waals surface area contributed by atoms with Gasteiger partial charge in [0.25, 0.3) is 0 Å². The number of rotatable bonds is 7. The molecule has 3 atom stereocenters. The molecule has 0 aromatic carbocycles. The van der Waals surface area contributed by atoms with Crippen molar-refractivity contribution in [1.82, 2.24) is 10.2 Å². The van der Waals surface area contributed by atoms with Gasteiger partial charge in [0.2, 0.25) is 0 Å². The largest absolute Gasteiger partial charge is 0.315 e. The van der Waals surface area contributed by atoms with Crippen LogP contribution in [0.2, 0.25) is 0 Å². The van der Waals surface area contributed by atoms with Crippen LogP contribution in [0.15, 0.2) is 0 Å². The van der Waals surface area contributed by atoms with Crippen LogP contribution >= 0.6 is 0 Å². The molecule has 1 N–H and O–H groups in total. The maximum atomic E-state index is 3.83. The molecule has 0 spiro atoms. The molecule has 2 heteroatoms. The molecule has 2 saturated carbocycles. The fourth-order valence-corrected chi connectivity index (χ4v) is 5.73. The first-order valence-corrected chi connectivity index (χ1v) is 9.65. The van der Waals surface area contributed by atoms with Crippen LogP contribution in [0.5, 0.6) is 0 Å². The van der Waals surface area contributed by atoms with Gasteiger partial charge in [-0.15, -0.1) is 0 Å². The van der Waals surface area contributed by atoms with Gasteiger partial charge in [0.15, 0.2) is 0 Å². The van der Waals surface area contributed by atoms with Gasteiger partial charge in [0.1, 0.15) is 0 Å². The number of hydrogen-bond donors (Lipinski definition) is 1. The summed E-state index contributed by atoms with van der Waals surface area (Å²) < 4.78 is 0. The molecule has 2 rings (SSSR count). The number of hydrogen-bond acceptors (Lipinski definition) is 2. The van der Waals surface area contributed by atoms with Crippen LogP contribution in [0.25, 0.3) is 0 Å². The summed E-state index contributed by atoms with van der Waals surface area (Å²) in [7, 11) is 2.23. The van der Waals surface area contributed by atoms with E-state index < -0.39 is 0 Å². The highest BCUT2D eigenvalue weighted by Crippen LogP contribution is 2.45. The van der Waals surface area contributed by atoms with Crippen molar-refractivity contribution in [3.05, 3.63) is 0 Å². The molecular weight excluding hydrogens is 256 g/mol. The molecule has 0 radical (unpaired) electrons. The van der Waals surface area contributed by atoms with Crippen molar-refractivity contribution >= 4 is 0 Å². The highest BCUT2D eigenvalue weighted by atomic mass is 15.2. The molecule has 124 valence electrons. The molecule has 2 fully saturated rings. The SMILES string of the molecule is CCC1CCCCC1C(NC)C1(N(CC)CC)CCCC1. The highest BCUT2D eigenvalue weighted by molar-refractivity contribution is 5.06. The minimum Gasteiger partial charge on any atom is -0.315 e. The Hall–Kier alpha value is -0.0800. The van der Waals surface area contributed by atoms with Gasteiger partial charge >= 0.3 is 0 Å². The highest BCUT2D eigenvalue weighted by Gasteiger charge is 2.48. The van der Waals surface area contributed by atoms with E-state index >= 15 is 0 Å². The molecule has 3 unspecified atom stereocenters. The van der Waals surface area contributed by atoms with Gasteiger partial charge in [-0.05, 0) is 51.2 Å². The molecule has 0 heterocycles. The minimum absolute atomic E-state index is 0.438. The lowest BCUT2D eigenvalue weighted by Gasteiger charge is -2.51. The Balaban J connectivity index is 2.26. The average molecular weight is 295 g/mol. The monoisotopic (exact) mass is 294 g/mol. The first-order chi connectivity index (χ1) is 10.2. The first kappa shape index (κ1) is 17.3. The van der Waals surface area contributed by atoms with Crippen molar-refractivity contribution < 1.29 is 0 Å². The molecule has 21 heavy (non-hydrogen) atoms.